The van der Waals surface area contributed by atoms with E-state index in [1.807, 2.05) is 37.5 Å². The van der Waals surface area contributed by atoms with Gasteiger partial charge >= 0.3 is 0 Å². The number of nitrogens with one attached hydrogen (secondary N) is 3. The second-order valence-corrected chi connectivity index (χ2v) is 7.74. The minimum Gasteiger partial charge on any atom is -0.339 e. The second-order valence-electron chi connectivity index (χ2n) is 7.74. The van der Waals surface area contributed by atoms with Crippen molar-refractivity contribution in [1.29, 1.82) is 0 Å². The number of carbonyl (C=O) groups is 2. The van der Waals surface area contributed by atoms with Crippen LogP contribution in [0.1, 0.15) is 61.1 Å². The first-order valence-corrected chi connectivity index (χ1v) is 10.1. The lowest BCUT2D eigenvalue weighted by atomic mass is 9.86. The van der Waals surface area contributed by atoms with Gasteiger partial charge in [-0.3, -0.25) is 19.4 Å². The summed E-state index contributed by atoms with van der Waals surface area (Å²) in [6.07, 6.45) is 7.67. The molecule has 1 saturated carbocycles. The Bertz CT molecular complexity index is 1030. The van der Waals surface area contributed by atoms with Crippen LogP contribution < -0.4 is 10.6 Å². The van der Waals surface area contributed by atoms with Crippen LogP contribution in [0.25, 0.3) is 10.9 Å². The van der Waals surface area contributed by atoms with E-state index in [0.29, 0.717) is 5.92 Å². The maximum atomic E-state index is 12.7. The minimum atomic E-state index is -0.711. The number of anilines is 1. The number of aryl methyl sites for hydroxylation is 1. The van der Waals surface area contributed by atoms with E-state index >= 15 is 0 Å². The Balaban J connectivity index is 1.44. The van der Waals surface area contributed by atoms with E-state index in [9.17, 15) is 9.59 Å². The van der Waals surface area contributed by atoms with Crippen LogP contribution in [0, 0.1) is 0 Å². The van der Waals surface area contributed by atoms with Gasteiger partial charge in [-0.25, -0.2) is 0 Å². The molecule has 1 atom stereocenters. The highest BCUT2D eigenvalue weighted by Gasteiger charge is 2.25. The number of H-pyrrole nitrogens is 1. The maximum absolute atomic E-state index is 12.7. The molecule has 1 aromatic carbocycles. The molecule has 1 unspecified atom stereocenters. The van der Waals surface area contributed by atoms with Crippen molar-refractivity contribution in [3.8, 4) is 0 Å². The molecule has 8 heteroatoms. The minimum absolute atomic E-state index is 0.275. The average molecular weight is 394 g/mol. The van der Waals surface area contributed by atoms with Crippen molar-refractivity contribution in [3.63, 3.8) is 0 Å². The van der Waals surface area contributed by atoms with Crippen LogP contribution in [-0.2, 0) is 11.8 Å². The van der Waals surface area contributed by atoms with Crippen molar-refractivity contribution in [2.24, 2.45) is 7.05 Å². The molecular formula is C21H26N6O2. The number of fused-ring (bicyclic) bond motifs is 1. The monoisotopic (exact) mass is 394 g/mol. The van der Waals surface area contributed by atoms with Crippen molar-refractivity contribution in [2.45, 2.75) is 51.0 Å². The molecule has 8 nitrogen and oxygen atoms in total. The van der Waals surface area contributed by atoms with Gasteiger partial charge in [-0.1, -0.05) is 37.5 Å². The van der Waals surface area contributed by atoms with E-state index in [1.165, 1.54) is 19.3 Å². The van der Waals surface area contributed by atoms with Gasteiger partial charge in [0.1, 0.15) is 6.04 Å². The molecule has 1 aliphatic rings. The molecule has 3 N–H and O–H groups in total. The fourth-order valence-electron chi connectivity index (χ4n) is 3.99. The smallest absolute Gasteiger partial charge is 0.273 e. The lowest BCUT2D eigenvalue weighted by Gasteiger charge is -2.21. The molecule has 2 heterocycles. The van der Waals surface area contributed by atoms with Crippen molar-refractivity contribution < 1.29 is 9.59 Å². The average Bonchev–Trinajstić information content (AvgIpc) is 3.32. The SMILES string of the molecule is CC(NC(=O)c1n[nH]c2ccccc12)C(=O)Nc1cn(C)nc1C1CCCCC1. The summed E-state index contributed by atoms with van der Waals surface area (Å²) < 4.78 is 1.73. The number of hydrogen-bond acceptors (Lipinski definition) is 4. The Morgan fingerprint density at radius 1 is 1.21 bits per heavy atom. The number of rotatable bonds is 5. The highest BCUT2D eigenvalue weighted by molar-refractivity contribution is 6.07. The molecule has 29 heavy (non-hydrogen) atoms. The molecule has 0 aliphatic heterocycles. The molecule has 4 rings (SSSR count). The summed E-state index contributed by atoms with van der Waals surface area (Å²) >= 11 is 0. The molecule has 0 saturated heterocycles. The number of amides is 2. The van der Waals surface area contributed by atoms with Gasteiger partial charge in [0.15, 0.2) is 5.69 Å². The van der Waals surface area contributed by atoms with Crippen molar-refractivity contribution >= 4 is 28.4 Å². The highest BCUT2D eigenvalue weighted by atomic mass is 16.2. The zero-order chi connectivity index (χ0) is 20.4. The molecule has 1 aliphatic carbocycles. The summed E-state index contributed by atoms with van der Waals surface area (Å²) in [4.78, 5) is 25.3. The standard InChI is InChI=1S/C21H26N6O2/c1-13(22-21(29)19-15-10-6-7-11-16(15)24-25-19)20(28)23-17-12-27(2)26-18(17)14-8-4-3-5-9-14/h6-7,10-14H,3-5,8-9H2,1-2H3,(H,22,29)(H,23,28)(H,24,25). The lowest BCUT2D eigenvalue weighted by molar-refractivity contribution is -0.117. The molecule has 152 valence electrons. The highest BCUT2D eigenvalue weighted by Crippen LogP contribution is 2.35. The van der Waals surface area contributed by atoms with E-state index < -0.39 is 6.04 Å². The Labute approximate surface area is 169 Å². The second kappa shape index (κ2) is 8.06. The summed E-state index contributed by atoms with van der Waals surface area (Å²) in [7, 11) is 1.86. The third-order valence-corrected chi connectivity index (χ3v) is 5.53. The van der Waals surface area contributed by atoms with E-state index in [4.69, 9.17) is 0 Å². The van der Waals surface area contributed by atoms with Gasteiger partial charge in [-0.05, 0) is 25.8 Å². The first-order chi connectivity index (χ1) is 14.0. The maximum Gasteiger partial charge on any atom is 0.273 e. The van der Waals surface area contributed by atoms with E-state index in [0.717, 1.165) is 35.1 Å². The normalized spacial score (nSPS) is 15.9. The fourth-order valence-corrected chi connectivity index (χ4v) is 3.99. The summed E-state index contributed by atoms with van der Waals surface area (Å²) in [5.74, 6) is -0.285. The topological polar surface area (TPSA) is 105 Å². The van der Waals surface area contributed by atoms with Gasteiger partial charge in [0.05, 0.1) is 16.9 Å². The molecular weight excluding hydrogens is 368 g/mol. The number of nitrogens with zero attached hydrogens (tertiary/aromatic N) is 3. The van der Waals surface area contributed by atoms with Gasteiger partial charge in [0.2, 0.25) is 5.91 Å². The number of aromatic nitrogens is 4. The van der Waals surface area contributed by atoms with Gasteiger partial charge in [0, 0.05) is 24.5 Å². The molecule has 2 amide bonds. The quantitative estimate of drug-likeness (QED) is 0.618. The Morgan fingerprint density at radius 2 is 1.97 bits per heavy atom. The van der Waals surface area contributed by atoms with Gasteiger partial charge in [0.25, 0.3) is 5.91 Å². The molecule has 0 bridgehead atoms. The predicted octanol–water partition coefficient (Wildman–Crippen LogP) is 3.10. The summed E-state index contributed by atoms with van der Waals surface area (Å²) in [5, 5.41) is 17.9. The van der Waals surface area contributed by atoms with E-state index in [-0.39, 0.29) is 17.5 Å². The Hall–Kier alpha value is -3.16. The molecule has 0 spiro atoms. The summed E-state index contributed by atoms with van der Waals surface area (Å²) in [6, 6.07) is 6.68. The summed E-state index contributed by atoms with van der Waals surface area (Å²) in [6.45, 7) is 1.67. The number of aromatic amines is 1. The fraction of sp³-hybridized carbons (Fsp3) is 0.429. The first-order valence-electron chi connectivity index (χ1n) is 10.1. The third-order valence-electron chi connectivity index (χ3n) is 5.53. The zero-order valence-electron chi connectivity index (χ0n) is 16.7. The lowest BCUT2D eigenvalue weighted by Crippen LogP contribution is -2.41. The number of benzene rings is 1. The molecule has 0 radical (unpaired) electrons. The number of carbonyl (C=O) groups excluding carboxylic acids is 2. The van der Waals surface area contributed by atoms with Crippen LogP contribution in [0.4, 0.5) is 5.69 Å². The molecule has 1 fully saturated rings. The van der Waals surface area contributed by atoms with Crippen LogP contribution in [0.2, 0.25) is 0 Å². The Kier molecular flexibility index (Phi) is 5.33. The van der Waals surface area contributed by atoms with E-state index in [1.54, 1.807) is 11.6 Å². The first kappa shape index (κ1) is 19.2. The number of para-hydroxylation sites is 1. The number of hydrogen-bond donors (Lipinski definition) is 3. The predicted molar refractivity (Wildman–Crippen MR) is 111 cm³/mol. The van der Waals surface area contributed by atoms with Gasteiger partial charge in [-0.2, -0.15) is 10.2 Å². The van der Waals surface area contributed by atoms with Crippen LogP contribution in [0.5, 0.6) is 0 Å². The largest absolute Gasteiger partial charge is 0.339 e. The van der Waals surface area contributed by atoms with Gasteiger partial charge in [-0.15, -0.1) is 0 Å². The van der Waals surface area contributed by atoms with Crippen LogP contribution in [0.15, 0.2) is 30.5 Å². The van der Waals surface area contributed by atoms with Crippen molar-refractivity contribution in [1.82, 2.24) is 25.3 Å². The van der Waals surface area contributed by atoms with Crippen LogP contribution in [0.3, 0.4) is 0 Å². The van der Waals surface area contributed by atoms with Crippen LogP contribution >= 0.6 is 0 Å². The van der Waals surface area contributed by atoms with E-state index in [2.05, 4.69) is 25.9 Å². The van der Waals surface area contributed by atoms with Crippen LogP contribution in [-0.4, -0.2) is 37.8 Å². The molecule has 2 aromatic heterocycles. The van der Waals surface area contributed by atoms with Crippen molar-refractivity contribution in [2.75, 3.05) is 5.32 Å². The third kappa shape index (κ3) is 4.01. The summed E-state index contributed by atoms with van der Waals surface area (Å²) in [5.41, 5.74) is 2.74. The molecule has 3 aromatic rings. The van der Waals surface area contributed by atoms with Gasteiger partial charge < -0.3 is 10.6 Å². The van der Waals surface area contributed by atoms with Crippen molar-refractivity contribution in [3.05, 3.63) is 41.9 Å². The zero-order valence-corrected chi connectivity index (χ0v) is 16.7. The Morgan fingerprint density at radius 3 is 2.76 bits per heavy atom.